The van der Waals surface area contributed by atoms with E-state index in [1.54, 1.807) is 0 Å². The first-order chi connectivity index (χ1) is 3.79. The van der Waals surface area contributed by atoms with Gasteiger partial charge in [0.25, 0.3) is 0 Å². The molecule has 1 aliphatic rings. The lowest BCUT2D eigenvalue weighted by Crippen LogP contribution is -2.26. The van der Waals surface area contributed by atoms with Crippen LogP contribution in [0.4, 0.5) is 0 Å². The van der Waals surface area contributed by atoms with Crippen molar-refractivity contribution in [1.82, 2.24) is 0 Å². The maximum Gasteiger partial charge on any atom is 0.344 e. The second-order valence-electron chi connectivity index (χ2n) is 1.32. The van der Waals surface area contributed by atoms with Crippen LogP contribution < -0.4 is 0 Å². The van der Waals surface area contributed by atoms with Gasteiger partial charge in [0.15, 0.2) is 18.3 Å². The number of rotatable bonds is 0. The van der Waals surface area contributed by atoms with Crippen molar-refractivity contribution in [2.24, 2.45) is 0 Å². The molecular weight excluding hydrogens is 128 g/mol. The Labute approximate surface area is 51.6 Å². The van der Waals surface area contributed by atoms with E-state index in [2.05, 4.69) is 21.7 Å². The molecule has 0 aromatic carbocycles. The molecule has 8 heavy (non-hydrogen) atoms. The number of thiocarbonyl (C=S) groups is 1. The van der Waals surface area contributed by atoms with Gasteiger partial charge in [-0.05, 0) is 12.2 Å². The first-order valence-electron chi connectivity index (χ1n) is 2.10. The van der Waals surface area contributed by atoms with E-state index in [0.29, 0.717) is 5.05 Å². The molecule has 0 bridgehead atoms. The predicted octanol–water partition coefficient (Wildman–Crippen LogP) is -0.113. The van der Waals surface area contributed by atoms with Crippen molar-refractivity contribution >= 4 is 23.2 Å². The van der Waals surface area contributed by atoms with Gasteiger partial charge in [-0.15, -0.1) is 0 Å². The quantitative estimate of drug-likeness (QED) is 0.340. The van der Waals surface area contributed by atoms with Crippen LogP contribution in [0.15, 0.2) is 0 Å². The molecule has 0 saturated carbocycles. The van der Waals surface area contributed by atoms with Crippen LogP contribution in [0.2, 0.25) is 0 Å². The van der Waals surface area contributed by atoms with Crippen LogP contribution in [0, 0.1) is 0 Å². The fraction of sp³-hybridized carbons (Fsp3) is 0.500. The topological polar surface area (TPSA) is 35.5 Å². The number of hydrogen-bond acceptors (Lipinski definition) is 4. The van der Waals surface area contributed by atoms with Crippen molar-refractivity contribution in [1.29, 1.82) is 0 Å². The van der Waals surface area contributed by atoms with Crippen LogP contribution in [-0.4, -0.2) is 24.2 Å². The number of hydrogen-bond donors (Lipinski definition) is 0. The highest BCUT2D eigenvalue weighted by molar-refractivity contribution is 7.80. The zero-order valence-corrected chi connectivity index (χ0v) is 4.86. The second kappa shape index (κ2) is 2.09. The number of cyclic esters (lactones) is 1. The maximum absolute atomic E-state index is 10.2. The number of carbonyl (C=O) groups is 1. The summed E-state index contributed by atoms with van der Waals surface area (Å²) in [7, 11) is 0. The highest BCUT2D eigenvalue weighted by atomic mass is 32.1. The van der Waals surface area contributed by atoms with Crippen molar-refractivity contribution in [2.75, 3.05) is 13.2 Å². The molecule has 0 N–H and O–H groups in total. The van der Waals surface area contributed by atoms with Crippen LogP contribution in [0.25, 0.3) is 0 Å². The second-order valence-corrected chi connectivity index (χ2v) is 1.78. The lowest BCUT2D eigenvalue weighted by atomic mass is 10.6. The molecule has 0 aromatic rings. The van der Waals surface area contributed by atoms with Crippen LogP contribution in [0.1, 0.15) is 0 Å². The summed E-state index contributed by atoms with van der Waals surface area (Å²) in [5, 5.41) is 0.351. The van der Waals surface area contributed by atoms with Crippen LogP contribution in [0.5, 0.6) is 0 Å². The summed E-state index contributed by atoms with van der Waals surface area (Å²) < 4.78 is 9.13. The van der Waals surface area contributed by atoms with E-state index >= 15 is 0 Å². The van der Waals surface area contributed by atoms with E-state index in [4.69, 9.17) is 0 Å². The Morgan fingerprint density at radius 2 is 2.12 bits per heavy atom. The first kappa shape index (κ1) is 5.50. The number of carbonyl (C=O) groups excluding carboxylic acids is 1. The molecule has 3 nitrogen and oxygen atoms in total. The summed E-state index contributed by atoms with van der Waals surface area (Å²) in [6.45, 7) is 0.104. The van der Waals surface area contributed by atoms with Gasteiger partial charge in [-0.25, -0.2) is 4.79 Å². The van der Waals surface area contributed by atoms with E-state index in [-0.39, 0.29) is 19.2 Å². The minimum absolute atomic E-state index is 0.0289. The molecule has 0 aromatic heterocycles. The molecular formula is C4H4O3S. The van der Waals surface area contributed by atoms with E-state index in [1.807, 2.05) is 0 Å². The van der Waals surface area contributed by atoms with E-state index in [1.165, 1.54) is 0 Å². The highest BCUT2D eigenvalue weighted by Crippen LogP contribution is 1.93. The Hall–Kier alpha value is -0.640. The van der Waals surface area contributed by atoms with Gasteiger partial charge in [0.1, 0.15) is 0 Å². The fourth-order valence-corrected chi connectivity index (χ4v) is 0.480. The summed E-state index contributed by atoms with van der Waals surface area (Å²) in [6.07, 6.45) is 0. The summed E-state index contributed by atoms with van der Waals surface area (Å²) >= 11 is 4.56. The van der Waals surface area contributed by atoms with E-state index in [0.717, 1.165) is 0 Å². The molecule has 0 amide bonds. The van der Waals surface area contributed by atoms with E-state index < -0.39 is 0 Å². The van der Waals surface area contributed by atoms with Crippen molar-refractivity contribution in [3.05, 3.63) is 0 Å². The number of ether oxygens (including phenoxy) is 2. The van der Waals surface area contributed by atoms with Gasteiger partial charge >= 0.3 is 5.97 Å². The molecule has 1 heterocycles. The molecule has 0 spiro atoms. The smallest absolute Gasteiger partial charge is 0.344 e. The first-order valence-corrected chi connectivity index (χ1v) is 2.51. The third-order valence-corrected chi connectivity index (χ3v) is 0.938. The Morgan fingerprint density at radius 1 is 1.38 bits per heavy atom. The summed E-state index contributed by atoms with van der Waals surface area (Å²) in [5.41, 5.74) is 0. The monoisotopic (exact) mass is 132 g/mol. The lowest BCUT2D eigenvalue weighted by Gasteiger charge is -2.12. The third-order valence-electron chi connectivity index (χ3n) is 0.702. The SMILES string of the molecule is O=C1COC(=S)CO1. The normalized spacial score (nSPS) is 19.5. The van der Waals surface area contributed by atoms with Crippen LogP contribution in [0.3, 0.4) is 0 Å². The van der Waals surface area contributed by atoms with Gasteiger partial charge in [-0.1, -0.05) is 0 Å². The van der Waals surface area contributed by atoms with Gasteiger partial charge in [0.05, 0.1) is 0 Å². The van der Waals surface area contributed by atoms with Crippen LogP contribution in [-0.2, 0) is 14.3 Å². The van der Waals surface area contributed by atoms with Gasteiger partial charge < -0.3 is 9.47 Å². The number of esters is 1. The summed E-state index contributed by atoms with van der Waals surface area (Å²) in [4.78, 5) is 10.2. The third kappa shape index (κ3) is 1.16. The molecule has 4 heteroatoms. The van der Waals surface area contributed by atoms with Gasteiger partial charge in [-0.3, -0.25) is 0 Å². The van der Waals surface area contributed by atoms with Gasteiger partial charge in [0, 0.05) is 0 Å². The summed E-state index contributed by atoms with van der Waals surface area (Å²) in [6, 6.07) is 0. The van der Waals surface area contributed by atoms with Crippen LogP contribution >= 0.6 is 12.2 Å². The zero-order valence-electron chi connectivity index (χ0n) is 4.05. The minimum Gasteiger partial charge on any atom is -0.472 e. The predicted molar refractivity (Wildman–Crippen MR) is 29.5 cm³/mol. The Bertz CT molecular complexity index is 103. The van der Waals surface area contributed by atoms with Crippen molar-refractivity contribution < 1.29 is 14.3 Å². The molecule has 1 fully saturated rings. The standard InChI is InChI=1S/C4H4O3S/c5-3-1-7-4(8)2-6-3/h1-2H2. The molecule has 0 atom stereocenters. The average molecular weight is 132 g/mol. The molecule has 0 aliphatic carbocycles. The largest absolute Gasteiger partial charge is 0.472 e. The molecule has 1 rings (SSSR count). The zero-order chi connectivity index (χ0) is 5.98. The lowest BCUT2D eigenvalue weighted by molar-refractivity contribution is -0.148. The minimum atomic E-state index is -0.349. The van der Waals surface area contributed by atoms with Gasteiger partial charge in [0.2, 0.25) is 0 Å². The Balaban J connectivity index is 2.40. The maximum atomic E-state index is 10.2. The molecule has 1 saturated heterocycles. The molecule has 1 aliphatic heterocycles. The van der Waals surface area contributed by atoms with Gasteiger partial charge in [-0.2, -0.15) is 0 Å². The van der Waals surface area contributed by atoms with Crippen molar-refractivity contribution in [3.63, 3.8) is 0 Å². The highest BCUT2D eigenvalue weighted by Gasteiger charge is 2.12. The fourth-order valence-electron chi connectivity index (χ4n) is 0.362. The molecule has 44 valence electrons. The van der Waals surface area contributed by atoms with Crippen molar-refractivity contribution in [2.45, 2.75) is 0 Å². The summed E-state index contributed by atoms with van der Waals surface area (Å²) in [5.74, 6) is -0.349. The molecule has 0 radical (unpaired) electrons. The Morgan fingerprint density at radius 3 is 2.50 bits per heavy atom. The average Bonchev–Trinajstić information content (AvgIpc) is 1.77. The van der Waals surface area contributed by atoms with Crippen molar-refractivity contribution in [3.8, 4) is 0 Å². The molecule has 0 unspecified atom stereocenters. The Kier molecular flexibility index (Phi) is 1.43. The van der Waals surface area contributed by atoms with E-state index in [9.17, 15) is 4.79 Å².